The van der Waals surface area contributed by atoms with E-state index in [-0.39, 0.29) is 23.6 Å². The van der Waals surface area contributed by atoms with Gasteiger partial charge in [0.1, 0.15) is 0 Å². The Morgan fingerprint density at radius 3 is 2.43 bits per heavy atom. The minimum Gasteiger partial charge on any atom is -0.308 e. The molecule has 0 saturated heterocycles. The van der Waals surface area contributed by atoms with Crippen molar-refractivity contribution in [1.82, 2.24) is 4.90 Å². The lowest BCUT2D eigenvalue weighted by molar-refractivity contribution is -0.124. The van der Waals surface area contributed by atoms with E-state index in [2.05, 4.69) is 11.8 Å². The molecule has 1 aromatic carbocycles. The van der Waals surface area contributed by atoms with Gasteiger partial charge in [0.15, 0.2) is 5.78 Å². The predicted octanol–water partition coefficient (Wildman–Crippen LogP) is 5.76. The Morgan fingerprint density at radius 2 is 1.91 bits per heavy atom. The number of benzene rings is 1. The third-order valence-electron chi connectivity index (χ3n) is 3.71. The van der Waals surface area contributed by atoms with Gasteiger partial charge in [0.05, 0.1) is 10.0 Å². The van der Waals surface area contributed by atoms with Crippen LogP contribution in [0.5, 0.6) is 0 Å². The van der Waals surface area contributed by atoms with E-state index in [1.807, 2.05) is 33.2 Å². The van der Waals surface area contributed by atoms with Crippen LogP contribution in [-0.4, -0.2) is 31.3 Å². The summed E-state index contributed by atoms with van der Waals surface area (Å²) in [6, 6.07) is 5.36. The molecule has 0 bridgehead atoms. The smallest absolute Gasteiger partial charge is 0.162 e. The van der Waals surface area contributed by atoms with Gasteiger partial charge in [-0.1, -0.05) is 62.0 Å². The van der Waals surface area contributed by atoms with Crippen molar-refractivity contribution in [3.63, 3.8) is 0 Å². The number of nitrogens with zero attached hydrogens (tertiary/aromatic N) is 1. The molecule has 0 amide bonds. The summed E-state index contributed by atoms with van der Waals surface area (Å²) in [5, 5.41) is 1.02. The van der Waals surface area contributed by atoms with Crippen LogP contribution in [-0.2, 0) is 4.79 Å². The van der Waals surface area contributed by atoms with Gasteiger partial charge in [0.2, 0.25) is 0 Å². The number of allylic oxidation sites excluding steroid dienone is 1. The molecule has 0 spiro atoms. The Kier molecular flexibility index (Phi) is 10.1. The Labute approximate surface area is 156 Å². The first-order valence-corrected chi connectivity index (χ1v) is 8.36. The molecule has 1 aromatic rings. The van der Waals surface area contributed by atoms with E-state index in [1.54, 1.807) is 18.2 Å². The quantitative estimate of drug-likeness (QED) is 0.536. The van der Waals surface area contributed by atoms with Gasteiger partial charge in [-0.25, -0.2) is 0 Å². The second-order valence-electron chi connectivity index (χ2n) is 6.27. The molecule has 0 aliphatic heterocycles. The van der Waals surface area contributed by atoms with E-state index < -0.39 is 0 Å². The fourth-order valence-electron chi connectivity index (χ4n) is 2.53. The van der Waals surface area contributed by atoms with Crippen molar-refractivity contribution in [1.29, 1.82) is 0 Å². The first-order valence-electron chi connectivity index (χ1n) is 7.61. The van der Waals surface area contributed by atoms with Gasteiger partial charge in [0, 0.05) is 12.0 Å². The second kappa shape index (κ2) is 10.4. The number of carbonyl (C=O) groups excluding carboxylic acids is 1. The monoisotopic (exact) mass is 377 g/mol. The van der Waals surface area contributed by atoms with E-state index in [0.717, 1.165) is 31.4 Å². The highest BCUT2D eigenvalue weighted by Gasteiger charge is 2.31. The predicted molar refractivity (Wildman–Crippen MR) is 104 cm³/mol. The molecular weight excluding hydrogens is 353 g/mol. The fourth-order valence-corrected chi connectivity index (χ4v) is 2.84. The van der Waals surface area contributed by atoms with Crippen LogP contribution in [0, 0.1) is 5.41 Å². The molecule has 0 aliphatic rings. The van der Waals surface area contributed by atoms with Gasteiger partial charge in [-0.15, -0.1) is 12.4 Å². The van der Waals surface area contributed by atoms with Crippen LogP contribution < -0.4 is 0 Å². The van der Waals surface area contributed by atoms with Gasteiger partial charge >= 0.3 is 0 Å². The minimum absolute atomic E-state index is 0. The fraction of sp³-hybridized carbons (Fsp3) is 0.500. The number of unbranched alkanes of at least 4 members (excludes halogenated alkanes) is 1. The van der Waals surface area contributed by atoms with E-state index in [0.29, 0.717) is 10.0 Å². The number of ketones is 1. The van der Waals surface area contributed by atoms with Gasteiger partial charge in [-0.3, -0.25) is 4.79 Å². The van der Waals surface area contributed by atoms with Crippen molar-refractivity contribution in [3.05, 3.63) is 39.9 Å². The van der Waals surface area contributed by atoms with Crippen molar-refractivity contribution in [2.45, 2.75) is 33.1 Å². The van der Waals surface area contributed by atoms with Crippen LogP contribution in [0.25, 0.3) is 6.08 Å². The Balaban J connectivity index is 0.00000484. The molecule has 1 atom stereocenters. The highest BCUT2D eigenvalue weighted by atomic mass is 35.5. The van der Waals surface area contributed by atoms with Crippen LogP contribution >= 0.6 is 35.6 Å². The van der Waals surface area contributed by atoms with E-state index in [1.165, 1.54) is 0 Å². The molecule has 2 nitrogen and oxygen atoms in total. The maximum Gasteiger partial charge on any atom is 0.162 e. The lowest BCUT2D eigenvalue weighted by atomic mass is 9.80. The lowest BCUT2D eigenvalue weighted by Gasteiger charge is -2.30. The average Bonchev–Trinajstić information content (AvgIpc) is 2.45. The lowest BCUT2D eigenvalue weighted by Crippen LogP contribution is -2.37. The molecule has 0 N–H and O–H groups in total. The van der Waals surface area contributed by atoms with Gasteiger partial charge in [0.25, 0.3) is 0 Å². The summed E-state index contributed by atoms with van der Waals surface area (Å²) in [5.41, 5.74) is 0.525. The highest BCUT2D eigenvalue weighted by Crippen LogP contribution is 2.28. The summed E-state index contributed by atoms with van der Waals surface area (Å²) in [5.74, 6) is 0.153. The standard InChI is InChI=1S/C18H25Cl2NO.ClH/c1-5-6-11-18(2,13-21(3)4)17(22)10-8-14-7-9-15(19)16(20)12-14;/h7-10,12H,5-6,11,13H2,1-4H3;1H/b10-8+;. The summed E-state index contributed by atoms with van der Waals surface area (Å²) >= 11 is 11.9. The maximum atomic E-state index is 12.7. The molecule has 0 radical (unpaired) electrons. The molecule has 0 fully saturated rings. The summed E-state index contributed by atoms with van der Waals surface area (Å²) in [7, 11) is 4.00. The van der Waals surface area contributed by atoms with Crippen LogP contribution in [0.3, 0.4) is 0 Å². The first-order chi connectivity index (χ1) is 10.3. The van der Waals surface area contributed by atoms with Crippen molar-refractivity contribution in [2.24, 2.45) is 5.41 Å². The van der Waals surface area contributed by atoms with E-state index in [4.69, 9.17) is 23.2 Å². The summed E-state index contributed by atoms with van der Waals surface area (Å²) in [6.07, 6.45) is 6.51. The van der Waals surface area contributed by atoms with Crippen molar-refractivity contribution >= 4 is 47.5 Å². The summed E-state index contributed by atoms with van der Waals surface area (Å²) in [4.78, 5) is 14.7. The zero-order valence-corrected chi connectivity index (χ0v) is 16.6. The molecule has 130 valence electrons. The largest absolute Gasteiger partial charge is 0.308 e. The molecule has 0 aliphatic carbocycles. The van der Waals surface area contributed by atoms with Gasteiger partial charge in [-0.05, 0) is 44.3 Å². The molecule has 0 aromatic heterocycles. The zero-order valence-electron chi connectivity index (χ0n) is 14.2. The number of carbonyl (C=O) groups is 1. The molecule has 5 heteroatoms. The van der Waals surface area contributed by atoms with E-state index in [9.17, 15) is 4.79 Å². The van der Waals surface area contributed by atoms with Gasteiger partial charge in [-0.2, -0.15) is 0 Å². The number of halogens is 3. The van der Waals surface area contributed by atoms with Crippen LogP contribution in [0.4, 0.5) is 0 Å². The zero-order chi connectivity index (χ0) is 16.8. The number of rotatable bonds is 8. The molecule has 0 heterocycles. The molecule has 0 saturated carbocycles. The number of hydrogen-bond donors (Lipinski definition) is 0. The second-order valence-corrected chi connectivity index (χ2v) is 7.09. The molecule has 1 unspecified atom stereocenters. The van der Waals surface area contributed by atoms with Crippen molar-refractivity contribution < 1.29 is 4.79 Å². The summed E-state index contributed by atoms with van der Waals surface area (Å²) < 4.78 is 0. The summed E-state index contributed by atoms with van der Waals surface area (Å²) in [6.45, 7) is 4.94. The highest BCUT2D eigenvalue weighted by molar-refractivity contribution is 6.42. The maximum absolute atomic E-state index is 12.7. The van der Waals surface area contributed by atoms with Crippen molar-refractivity contribution in [2.75, 3.05) is 20.6 Å². The normalized spacial score (nSPS) is 13.9. The SMILES string of the molecule is CCCCC(C)(CN(C)C)C(=O)/C=C/c1ccc(Cl)c(Cl)c1.Cl. The van der Waals surface area contributed by atoms with Crippen LogP contribution in [0.2, 0.25) is 10.0 Å². The molecule has 1 rings (SSSR count). The average molecular weight is 379 g/mol. The topological polar surface area (TPSA) is 20.3 Å². The van der Waals surface area contributed by atoms with Gasteiger partial charge < -0.3 is 4.90 Å². The van der Waals surface area contributed by atoms with Crippen LogP contribution in [0.1, 0.15) is 38.7 Å². The molecule has 23 heavy (non-hydrogen) atoms. The number of hydrogen-bond acceptors (Lipinski definition) is 2. The molecular formula is C18H26Cl3NO. The first kappa shape index (κ1) is 22.5. The Bertz CT molecular complexity index is 543. The minimum atomic E-state index is -0.355. The Morgan fingerprint density at radius 1 is 1.26 bits per heavy atom. The third kappa shape index (κ3) is 7.26. The Hall–Kier alpha value is -0.540. The van der Waals surface area contributed by atoms with Crippen LogP contribution in [0.15, 0.2) is 24.3 Å². The van der Waals surface area contributed by atoms with Crippen molar-refractivity contribution in [3.8, 4) is 0 Å². The van der Waals surface area contributed by atoms with E-state index >= 15 is 0 Å². The third-order valence-corrected chi connectivity index (χ3v) is 4.45.